The normalized spacial score (nSPS) is 18.1. The van der Waals surface area contributed by atoms with Crippen molar-refractivity contribution < 1.29 is 9.47 Å². The third-order valence-corrected chi connectivity index (χ3v) is 5.22. The lowest BCUT2D eigenvalue weighted by Crippen LogP contribution is -2.33. The van der Waals surface area contributed by atoms with Crippen LogP contribution in [0.4, 0.5) is 0 Å². The van der Waals surface area contributed by atoms with Gasteiger partial charge in [0.15, 0.2) is 11.5 Å². The van der Waals surface area contributed by atoms with Crippen molar-refractivity contribution >= 4 is 28.6 Å². The Bertz CT molecular complexity index is 417. The van der Waals surface area contributed by atoms with Crippen molar-refractivity contribution in [1.29, 1.82) is 0 Å². The van der Waals surface area contributed by atoms with Crippen LogP contribution >= 0.6 is 28.6 Å². The van der Waals surface area contributed by atoms with Gasteiger partial charge in [-0.3, -0.25) is 0 Å². The first kappa shape index (κ1) is 15.0. The molecule has 0 saturated heterocycles. The molecule has 19 heavy (non-hydrogen) atoms. The Balaban J connectivity index is 2.09. The first-order chi connectivity index (χ1) is 9.21. The maximum absolute atomic E-state index is 6.07. The third-order valence-electron chi connectivity index (χ3n) is 3.92. The first-order valence-corrected chi connectivity index (χ1v) is 8.19. The van der Waals surface area contributed by atoms with Gasteiger partial charge < -0.3 is 9.47 Å². The Morgan fingerprint density at radius 2 is 2.00 bits per heavy atom. The largest absolute Gasteiger partial charge is 0.493 e. The van der Waals surface area contributed by atoms with Gasteiger partial charge in [-0.2, -0.15) is 12.6 Å². The van der Waals surface area contributed by atoms with Crippen LogP contribution in [0.5, 0.6) is 11.5 Å². The Labute approximate surface area is 129 Å². The second-order valence-corrected chi connectivity index (χ2v) is 6.45. The molecule has 0 aromatic heterocycles. The van der Waals surface area contributed by atoms with Crippen LogP contribution in [0, 0.1) is 5.41 Å². The van der Waals surface area contributed by atoms with Gasteiger partial charge in [0, 0.05) is 5.41 Å². The maximum atomic E-state index is 6.07. The highest BCUT2D eigenvalue weighted by Gasteiger charge is 2.32. The molecular formula is C15H21BrO2S. The number of halogens is 1. The second-order valence-electron chi connectivity index (χ2n) is 5.28. The predicted octanol–water partition coefficient (Wildman–Crippen LogP) is 4.72. The maximum Gasteiger partial charge on any atom is 0.175 e. The Kier molecular flexibility index (Phi) is 5.46. The molecule has 1 aromatic carbocycles. The van der Waals surface area contributed by atoms with E-state index in [4.69, 9.17) is 9.47 Å². The van der Waals surface area contributed by atoms with Gasteiger partial charge in [-0.15, -0.1) is 0 Å². The Morgan fingerprint density at radius 3 is 2.63 bits per heavy atom. The van der Waals surface area contributed by atoms with Crippen LogP contribution in [0.15, 0.2) is 22.7 Å². The number of hydrogen-bond acceptors (Lipinski definition) is 3. The molecule has 0 atom stereocenters. The Morgan fingerprint density at radius 1 is 1.26 bits per heavy atom. The van der Waals surface area contributed by atoms with Gasteiger partial charge in [0.1, 0.15) is 0 Å². The van der Waals surface area contributed by atoms with Crippen molar-refractivity contribution in [2.24, 2.45) is 5.41 Å². The predicted molar refractivity (Wildman–Crippen MR) is 85.6 cm³/mol. The summed E-state index contributed by atoms with van der Waals surface area (Å²) in [6, 6.07) is 5.85. The van der Waals surface area contributed by atoms with E-state index in [1.54, 1.807) is 7.11 Å². The molecule has 1 aliphatic rings. The topological polar surface area (TPSA) is 18.5 Å². The number of ether oxygens (including phenoxy) is 2. The number of methoxy groups -OCH3 is 1. The zero-order chi connectivity index (χ0) is 13.7. The minimum absolute atomic E-state index is 0.224. The van der Waals surface area contributed by atoms with Crippen molar-refractivity contribution in [3.63, 3.8) is 0 Å². The number of thiol groups is 1. The van der Waals surface area contributed by atoms with Crippen LogP contribution in [0.25, 0.3) is 0 Å². The summed E-state index contributed by atoms with van der Waals surface area (Å²) >= 11 is 8.08. The summed E-state index contributed by atoms with van der Waals surface area (Å²) in [6.45, 7) is 0.718. The molecule has 0 spiro atoms. The number of benzene rings is 1. The summed E-state index contributed by atoms with van der Waals surface area (Å²) in [5.74, 6) is 2.47. The Hall–Kier alpha value is -0.350. The van der Waals surface area contributed by atoms with E-state index in [9.17, 15) is 0 Å². The lowest BCUT2D eigenvalue weighted by atomic mass is 9.76. The molecule has 1 aromatic rings. The van der Waals surface area contributed by atoms with E-state index < -0.39 is 0 Å². The standard InChI is InChI=1S/C15H21BrO2S/c1-17-13-7-5-6-12(16)14(13)18-10-15(11-19)8-3-2-4-9-15/h5-7,19H,2-4,8-11H2,1H3. The lowest BCUT2D eigenvalue weighted by molar-refractivity contribution is 0.118. The van der Waals surface area contributed by atoms with Crippen molar-refractivity contribution in [2.45, 2.75) is 32.1 Å². The van der Waals surface area contributed by atoms with Gasteiger partial charge in [-0.25, -0.2) is 0 Å². The van der Waals surface area contributed by atoms with Gasteiger partial charge in [-0.1, -0.05) is 25.3 Å². The van der Waals surface area contributed by atoms with Crippen LogP contribution in [0.2, 0.25) is 0 Å². The quantitative estimate of drug-likeness (QED) is 0.779. The fourth-order valence-corrected chi connectivity index (χ4v) is 3.53. The summed E-state index contributed by atoms with van der Waals surface area (Å²) in [5.41, 5.74) is 0.224. The number of rotatable bonds is 5. The molecule has 1 aliphatic carbocycles. The third kappa shape index (κ3) is 3.60. The van der Waals surface area contributed by atoms with Gasteiger partial charge >= 0.3 is 0 Å². The molecule has 1 fully saturated rings. The molecule has 0 radical (unpaired) electrons. The number of para-hydroxylation sites is 1. The first-order valence-electron chi connectivity index (χ1n) is 6.77. The summed E-state index contributed by atoms with van der Waals surface area (Å²) in [5, 5.41) is 0. The van der Waals surface area contributed by atoms with E-state index in [1.165, 1.54) is 32.1 Å². The highest BCUT2D eigenvalue weighted by Crippen LogP contribution is 2.40. The average molecular weight is 345 g/mol. The summed E-state index contributed by atoms with van der Waals surface area (Å²) in [6.07, 6.45) is 6.34. The van der Waals surface area contributed by atoms with Crippen molar-refractivity contribution in [1.82, 2.24) is 0 Å². The fourth-order valence-electron chi connectivity index (χ4n) is 2.67. The van der Waals surface area contributed by atoms with Gasteiger partial charge in [-0.05, 0) is 46.7 Å². The van der Waals surface area contributed by atoms with Gasteiger partial charge in [0.05, 0.1) is 18.2 Å². The van der Waals surface area contributed by atoms with Gasteiger partial charge in [0.2, 0.25) is 0 Å². The average Bonchev–Trinajstić information content (AvgIpc) is 2.46. The summed E-state index contributed by atoms with van der Waals surface area (Å²) < 4.78 is 12.4. The molecule has 0 heterocycles. The summed E-state index contributed by atoms with van der Waals surface area (Å²) in [7, 11) is 1.67. The summed E-state index contributed by atoms with van der Waals surface area (Å²) in [4.78, 5) is 0. The molecule has 2 nitrogen and oxygen atoms in total. The number of hydrogen-bond donors (Lipinski definition) is 1. The minimum Gasteiger partial charge on any atom is -0.493 e. The molecular weight excluding hydrogens is 324 g/mol. The SMILES string of the molecule is COc1cccc(Br)c1OCC1(CS)CCCCC1. The van der Waals surface area contributed by atoms with Crippen LogP contribution in [-0.2, 0) is 0 Å². The van der Waals surface area contributed by atoms with Gasteiger partial charge in [0.25, 0.3) is 0 Å². The highest BCUT2D eigenvalue weighted by molar-refractivity contribution is 9.10. The van der Waals surface area contributed by atoms with Crippen LogP contribution in [-0.4, -0.2) is 19.5 Å². The molecule has 0 amide bonds. The van der Waals surface area contributed by atoms with Crippen molar-refractivity contribution in [2.75, 3.05) is 19.5 Å². The smallest absolute Gasteiger partial charge is 0.175 e. The molecule has 0 bridgehead atoms. The molecule has 106 valence electrons. The van der Waals surface area contributed by atoms with E-state index in [2.05, 4.69) is 28.6 Å². The zero-order valence-electron chi connectivity index (χ0n) is 11.3. The lowest BCUT2D eigenvalue weighted by Gasteiger charge is -2.35. The van der Waals surface area contributed by atoms with E-state index in [0.29, 0.717) is 0 Å². The van der Waals surface area contributed by atoms with E-state index >= 15 is 0 Å². The molecule has 0 N–H and O–H groups in total. The zero-order valence-corrected chi connectivity index (χ0v) is 13.8. The molecule has 0 unspecified atom stereocenters. The highest BCUT2D eigenvalue weighted by atomic mass is 79.9. The van der Waals surface area contributed by atoms with Crippen LogP contribution < -0.4 is 9.47 Å². The van der Waals surface area contributed by atoms with Crippen LogP contribution in [0.1, 0.15) is 32.1 Å². The van der Waals surface area contributed by atoms with E-state index in [1.807, 2.05) is 18.2 Å². The van der Waals surface area contributed by atoms with E-state index in [0.717, 1.165) is 28.3 Å². The fraction of sp³-hybridized carbons (Fsp3) is 0.600. The van der Waals surface area contributed by atoms with Crippen LogP contribution in [0.3, 0.4) is 0 Å². The molecule has 0 aliphatic heterocycles. The molecule has 4 heteroatoms. The molecule has 2 rings (SSSR count). The molecule has 1 saturated carbocycles. The van der Waals surface area contributed by atoms with Crippen molar-refractivity contribution in [3.8, 4) is 11.5 Å². The van der Waals surface area contributed by atoms with E-state index in [-0.39, 0.29) is 5.41 Å². The second kappa shape index (κ2) is 6.89. The monoisotopic (exact) mass is 344 g/mol. The minimum atomic E-state index is 0.224. The van der Waals surface area contributed by atoms with Crippen molar-refractivity contribution in [3.05, 3.63) is 22.7 Å².